The zero-order chi connectivity index (χ0) is 19.1. The minimum absolute atomic E-state index is 0.354. The van der Waals surface area contributed by atoms with Gasteiger partial charge in [0.1, 0.15) is 5.65 Å². The zero-order valence-electron chi connectivity index (χ0n) is 15.8. The SMILES string of the molecule is Cc1nc2c(cc1-c1ccnc(N3CCCCC3)n1)c(=O)n(C)c(=O)n2C. The maximum absolute atomic E-state index is 12.6. The van der Waals surface area contributed by atoms with Gasteiger partial charge in [0, 0.05) is 44.6 Å². The third-order valence-electron chi connectivity index (χ3n) is 5.18. The van der Waals surface area contributed by atoms with E-state index in [2.05, 4.69) is 14.9 Å². The van der Waals surface area contributed by atoms with Crippen LogP contribution in [-0.2, 0) is 14.1 Å². The molecule has 1 saturated heterocycles. The molecular weight excluding hydrogens is 344 g/mol. The number of hydrogen-bond donors (Lipinski definition) is 0. The molecule has 0 atom stereocenters. The predicted molar refractivity (Wildman–Crippen MR) is 104 cm³/mol. The summed E-state index contributed by atoms with van der Waals surface area (Å²) in [4.78, 5) is 40.6. The third kappa shape index (κ3) is 2.90. The Morgan fingerprint density at radius 1 is 1.00 bits per heavy atom. The molecule has 0 aliphatic carbocycles. The molecule has 0 saturated carbocycles. The molecule has 0 unspecified atom stereocenters. The Bertz CT molecular complexity index is 1140. The van der Waals surface area contributed by atoms with Crippen molar-refractivity contribution < 1.29 is 0 Å². The Hall–Kier alpha value is -3.03. The van der Waals surface area contributed by atoms with Crippen LogP contribution in [0.3, 0.4) is 0 Å². The van der Waals surface area contributed by atoms with Gasteiger partial charge in [0.05, 0.1) is 11.1 Å². The quantitative estimate of drug-likeness (QED) is 0.681. The maximum atomic E-state index is 12.6. The first-order valence-corrected chi connectivity index (χ1v) is 9.13. The van der Waals surface area contributed by atoms with Crippen molar-refractivity contribution in [2.24, 2.45) is 14.1 Å². The highest BCUT2D eigenvalue weighted by Gasteiger charge is 2.17. The lowest BCUT2D eigenvalue weighted by atomic mass is 10.1. The minimum atomic E-state index is -0.387. The number of piperidine rings is 1. The molecule has 140 valence electrons. The van der Waals surface area contributed by atoms with E-state index in [1.165, 1.54) is 18.0 Å². The van der Waals surface area contributed by atoms with Gasteiger partial charge in [0.15, 0.2) is 0 Å². The van der Waals surface area contributed by atoms with Crippen LogP contribution in [-0.4, -0.2) is 37.2 Å². The molecule has 0 radical (unpaired) electrons. The average Bonchev–Trinajstić information content (AvgIpc) is 2.71. The van der Waals surface area contributed by atoms with Crippen LogP contribution >= 0.6 is 0 Å². The first-order valence-electron chi connectivity index (χ1n) is 9.13. The molecule has 0 spiro atoms. The van der Waals surface area contributed by atoms with Gasteiger partial charge >= 0.3 is 5.69 Å². The second-order valence-electron chi connectivity index (χ2n) is 6.99. The van der Waals surface area contributed by atoms with Crippen molar-refractivity contribution in [2.45, 2.75) is 26.2 Å². The van der Waals surface area contributed by atoms with E-state index in [1.54, 1.807) is 19.3 Å². The lowest BCUT2D eigenvalue weighted by molar-refractivity contribution is 0.568. The van der Waals surface area contributed by atoms with E-state index in [4.69, 9.17) is 4.98 Å². The van der Waals surface area contributed by atoms with Gasteiger partial charge < -0.3 is 4.90 Å². The highest BCUT2D eigenvalue weighted by Crippen LogP contribution is 2.25. The second-order valence-corrected chi connectivity index (χ2v) is 6.99. The molecule has 0 N–H and O–H groups in total. The third-order valence-corrected chi connectivity index (χ3v) is 5.18. The molecule has 27 heavy (non-hydrogen) atoms. The van der Waals surface area contributed by atoms with Crippen molar-refractivity contribution in [2.75, 3.05) is 18.0 Å². The van der Waals surface area contributed by atoms with Crippen LogP contribution in [0.15, 0.2) is 27.9 Å². The van der Waals surface area contributed by atoms with Gasteiger partial charge in [-0.25, -0.2) is 19.7 Å². The van der Waals surface area contributed by atoms with Gasteiger partial charge in [-0.3, -0.25) is 13.9 Å². The second kappa shape index (κ2) is 6.61. The van der Waals surface area contributed by atoms with Crippen LogP contribution in [0.4, 0.5) is 5.95 Å². The molecule has 8 heteroatoms. The molecule has 1 aliphatic rings. The summed E-state index contributed by atoms with van der Waals surface area (Å²) < 4.78 is 2.49. The lowest BCUT2D eigenvalue weighted by Gasteiger charge is -2.26. The number of nitrogens with zero attached hydrogens (tertiary/aromatic N) is 6. The highest BCUT2D eigenvalue weighted by atomic mass is 16.2. The predicted octanol–water partition coefficient (Wildman–Crippen LogP) is 1.39. The fraction of sp³-hybridized carbons (Fsp3) is 0.421. The van der Waals surface area contributed by atoms with Crippen LogP contribution in [0.5, 0.6) is 0 Å². The molecular formula is C19H22N6O2. The Morgan fingerprint density at radius 3 is 2.48 bits per heavy atom. The van der Waals surface area contributed by atoms with Crippen LogP contribution in [0.25, 0.3) is 22.3 Å². The standard InChI is InChI=1S/C19H22N6O2/c1-12-13(11-14-16(21-12)23(2)19(27)24(3)17(14)26)15-7-8-20-18(22-15)25-9-5-4-6-10-25/h7-8,11H,4-6,9-10H2,1-3H3. The van der Waals surface area contributed by atoms with Gasteiger partial charge in [-0.2, -0.15) is 0 Å². The summed E-state index contributed by atoms with van der Waals surface area (Å²) in [5.41, 5.74) is 1.87. The number of anilines is 1. The van der Waals surface area contributed by atoms with E-state index in [0.29, 0.717) is 22.7 Å². The van der Waals surface area contributed by atoms with Crippen molar-refractivity contribution in [1.82, 2.24) is 24.1 Å². The number of hydrogen-bond acceptors (Lipinski definition) is 6. The van der Waals surface area contributed by atoms with E-state index >= 15 is 0 Å². The average molecular weight is 366 g/mol. The van der Waals surface area contributed by atoms with Crippen LogP contribution < -0.4 is 16.1 Å². The Morgan fingerprint density at radius 2 is 1.74 bits per heavy atom. The fourth-order valence-electron chi connectivity index (χ4n) is 3.59. The van der Waals surface area contributed by atoms with E-state index in [9.17, 15) is 9.59 Å². The molecule has 3 aromatic heterocycles. The fourth-order valence-corrected chi connectivity index (χ4v) is 3.59. The number of aromatic nitrogens is 5. The van der Waals surface area contributed by atoms with Gasteiger partial charge in [0.2, 0.25) is 5.95 Å². The van der Waals surface area contributed by atoms with E-state index in [1.807, 2.05) is 13.0 Å². The number of aryl methyl sites for hydroxylation is 2. The molecule has 1 fully saturated rings. The summed E-state index contributed by atoms with van der Waals surface area (Å²) in [5.74, 6) is 0.708. The Kier molecular flexibility index (Phi) is 4.25. The zero-order valence-corrected chi connectivity index (χ0v) is 15.8. The highest BCUT2D eigenvalue weighted by molar-refractivity contribution is 5.81. The van der Waals surface area contributed by atoms with Crippen molar-refractivity contribution >= 4 is 17.0 Å². The molecule has 0 amide bonds. The molecule has 8 nitrogen and oxygen atoms in total. The van der Waals surface area contributed by atoms with E-state index in [-0.39, 0.29) is 11.2 Å². The maximum Gasteiger partial charge on any atom is 0.332 e. The monoisotopic (exact) mass is 366 g/mol. The van der Waals surface area contributed by atoms with Crippen molar-refractivity contribution in [3.05, 3.63) is 44.9 Å². The normalized spacial score (nSPS) is 14.7. The number of pyridine rings is 1. The lowest BCUT2D eigenvalue weighted by Crippen LogP contribution is -2.37. The molecule has 0 aromatic carbocycles. The van der Waals surface area contributed by atoms with Gasteiger partial charge in [-0.05, 0) is 38.3 Å². The van der Waals surface area contributed by atoms with E-state index in [0.717, 1.165) is 41.8 Å². The summed E-state index contributed by atoms with van der Waals surface area (Å²) in [7, 11) is 3.10. The minimum Gasteiger partial charge on any atom is -0.341 e. The van der Waals surface area contributed by atoms with Crippen molar-refractivity contribution in [3.63, 3.8) is 0 Å². The van der Waals surface area contributed by atoms with Crippen LogP contribution in [0.1, 0.15) is 25.0 Å². The number of rotatable bonds is 2. The summed E-state index contributed by atoms with van der Waals surface area (Å²) in [6, 6.07) is 3.61. The molecule has 4 heterocycles. The molecule has 3 aromatic rings. The van der Waals surface area contributed by atoms with Crippen LogP contribution in [0.2, 0.25) is 0 Å². The number of fused-ring (bicyclic) bond motifs is 1. The van der Waals surface area contributed by atoms with E-state index < -0.39 is 0 Å². The Labute approximate surface area is 156 Å². The first kappa shape index (κ1) is 17.4. The van der Waals surface area contributed by atoms with Gasteiger partial charge in [0.25, 0.3) is 5.56 Å². The smallest absolute Gasteiger partial charge is 0.332 e. The summed E-state index contributed by atoms with van der Waals surface area (Å²) in [5, 5.41) is 0.401. The van der Waals surface area contributed by atoms with Gasteiger partial charge in [-0.15, -0.1) is 0 Å². The summed E-state index contributed by atoms with van der Waals surface area (Å²) in [6.45, 7) is 3.78. The summed E-state index contributed by atoms with van der Waals surface area (Å²) >= 11 is 0. The van der Waals surface area contributed by atoms with Crippen LogP contribution in [0, 0.1) is 6.92 Å². The van der Waals surface area contributed by atoms with Crippen molar-refractivity contribution in [1.29, 1.82) is 0 Å². The molecule has 0 bridgehead atoms. The summed E-state index contributed by atoms with van der Waals surface area (Å²) in [6.07, 6.45) is 5.28. The largest absolute Gasteiger partial charge is 0.341 e. The molecule has 4 rings (SSSR count). The topological polar surface area (TPSA) is 85.9 Å². The molecule has 1 aliphatic heterocycles. The first-order chi connectivity index (χ1) is 13.0. The van der Waals surface area contributed by atoms with Gasteiger partial charge in [-0.1, -0.05) is 0 Å². The van der Waals surface area contributed by atoms with Crippen molar-refractivity contribution in [3.8, 4) is 11.3 Å². The Balaban J connectivity index is 1.88.